The van der Waals surface area contributed by atoms with Crippen molar-refractivity contribution in [3.63, 3.8) is 0 Å². The lowest BCUT2D eigenvalue weighted by atomic mass is 9.83. The second-order valence-electron chi connectivity index (χ2n) is 5.96. The largest absolute Gasteiger partial charge is 0.478 e. The Morgan fingerprint density at radius 1 is 1.17 bits per heavy atom. The fourth-order valence-electron chi connectivity index (χ4n) is 1.96. The standard InChI is InChI=1S/C16H22O2/c1-10(2)14(15(17)18)13-9-12(16(4,5)6)8-7-11(13)3/h7-9H,1-6H3,(H,17,18). The minimum atomic E-state index is -0.857. The van der Waals surface area contributed by atoms with E-state index in [9.17, 15) is 9.90 Å². The highest BCUT2D eigenvalue weighted by Crippen LogP contribution is 2.29. The van der Waals surface area contributed by atoms with Gasteiger partial charge in [-0.15, -0.1) is 0 Å². The molecule has 18 heavy (non-hydrogen) atoms. The number of hydrogen-bond acceptors (Lipinski definition) is 1. The number of aryl methyl sites for hydroxylation is 1. The molecule has 0 heterocycles. The van der Waals surface area contributed by atoms with Gasteiger partial charge in [0.2, 0.25) is 0 Å². The molecular formula is C16H22O2. The predicted molar refractivity (Wildman–Crippen MR) is 75.8 cm³/mol. The van der Waals surface area contributed by atoms with Gasteiger partial charge in [0.25, 0.3) is 0 Å². The molecule has 98 valence electrons. The molecule has 0 aliphatic heterocycles. The summed E-state index contributed by atoms with van der Waals surface area (Å²) in [4.78, 5) is 11.4. The maximum atomic E-state index is 11.4. The number of benzene rings is 1. The molecule has 1 rings (SSSR count). The van der Waals surface area contributed by atoms with E-state index in [-0.39, 0.29) is 5.41 Å². The Labute approximate surface area is 109 Å². The van der Waals surface area contributed by atoms with Crippen molar-refractivity contribution >= 4 is 11.5 Å². The van der Waals surface area contributed by atoms with Crippen molar-refractivity contribution in [2.24, 2.45) is 0 Å². The third kappa shape index (κ3) is 3.00. The third-order valence-corrected chi connectivity index (χ3v) is 3.09. The normalized spacial score (nSPS) is 11.2. The van der Waals surface area contributed by atoms with Crippen LogP contribution in [-0.4, -0.2) is 11.1 Å². The van der Waals surface area contributed by atoms with Crippen LogP contribution < -0.4 is 0 Å². The van der Waals surface area contributed by atoms with Crippen LogP contribution in [0.5, 0.6) is 0 Å². The minimum Gasteiger partial charge on any atom is -0.478 e. The molecule has 2 heteroatoms. The fraction of sp³-hybridized carbons (Fsp3) is 0.438. The van der Waals surface area contributed by atoms with Gasteiger partial charge in [-0.2, -0.15) is 0 Å². The Balaban J connectivity index is 3.50. The van der Waals surface area contributed by atoms with Crippen molar-refractivity contribution in [1.82, 2.24) is 0 Å². The topological polar surface area (TPSA) is 37.3 Å². The van der Waals surface area contributed by atoms with Crippen LogP contribution in [0.4, 0.5) is 0 Å². The molecule has 0 saturated heterocycles. The number of rotatable bonds is 2. The van der Waals surface area contributed by atoms with Crippen LogP contribution in [0.1, 0.15) is 51.3 Å². The second kappa shape index (κ2) is 4.97. The van der Waals surface area contributed by atoms with E-state index in [0.717, 1.165) is 22.3 Å². The van der Waals surface area contributed by atoms with Crippen molar-refractivity contribution in [3.05, 3.63) is 40.5 Å². The summed E-state index contributed by atoms with van der Waals surface area (Å²) in [5, 5.41) is 9.36. The molecule has 1 N–H and O–H groups in total. The highest BCUT2D eigenvalue weighted by molar-refractivity contribution is 6.16. The van der Waals surface area contributed by atoms with Crippen molar-refractivity contribution in [2.75, 3.05) is 0 Å². The van der Waals surface area contributed by atoms with Gasteiger partial charge in [0.05, 0.1) is 5.57 Å². The quantitative estimate of drug-likeness (QED) is 0.795. The van der Waals surface area contributed by atoms with Crippen molar-refractivity contribution in [2.45, 2.75) is 47.0 Å². The first-order valence-electron chi connectivity index (χ1n) is 6.17. The van der Waals surface area contributed by atoms with Gasteiger partial charge in [-0.25, -0.2) is 4.79 Å². The molecule has 0 unspecified atom stereocenters. The van der Waals surface area contributed by atoms with E-state index in [1.807, 2.05) is 32.9 Å². The van der Waals surface area contributed by atoms with Gasteiger partial charge >= 0.3 is 5.97 Å². The van der Waals surface area contributed by atoms with E-state index in [2.05, 4.69) is 26.8 Å². The molecule has 0 amide bonds. The number of carboxylic acid groups (broad SMARTS) is 1. The summed E-state index contributed by atoms with van der Waals surface area (Å²) in [5.74, 6) is -0.857. The monoisotopic (exact) mass is 246 g/mol. The van der Waals surface area contributed by atoms with Gasteiger partial charge in [-0.1, -0.05) is 44.5 Å². The molecule has 0 bridgehead atoms. The summed E-state index contributed by atoms with van der Waals surface area (Å²) in [7, 11) is 0. The minimum absolute atomic E-state index is 0.0215. The van der Waals surface area contributed by atoms with E-state index < -0.39 is 5.97 Å². The molecular weight excluding hydrogens is 224 g/mol. The van der Waals surface area contributed by atoms with Crippen molar-refractivity contribution in [1.29, 1.82) is 0 Å². The summed E-state index contributed by atoms with van der Waals surface area (Å²) >= 11 is 0. The van der Waals surface area contributed by atoms with Gasteiger partial charge in [0.1, 0.15) is 0 Å². The molecule has 0 aliphatic rings. The molecule has 0 radical (unpaired) electrons. The number of allylic oxidation sites excluding steroid dienone is 1. The first-order chi connectivity index (χ1) is 8.14. The fourth-order valence-corrected chi connectivity index (χ4v) is 1.96. The molecule has 0 aliphatic carbocycles. The molecule has 0 fully saturated rings. The number of carboxylic acids is 1. The maximum Gasteiger partial charge on any atom is 0.336 e. The summed E-state index contributed by atoms with van der Waals surface area (Å²) in [6, 6.07) is 6.08. The van der Waals surface area contributed by atoms with Crippen molar-refractivity contribution < 1.29 is 9.90 Å². The zero-order valence-corrected chi connectivity index (χ0v) is 12.1. The van der Waals surface area contributed by atoms with Crippen LogP contribution in [-0.2, 0) is 10.2 Å². The van der Waals surface area contributed by atoms with Gasteiger partial charge in [-0.05, 0) is 42.9 Å². The Kier molecular flexibility index (Phi) is 4.00. The zero-order valence-electron chi connectivity index (χ0n) is 12.1. The molecule has 0 aromatic heterocycles. The van der Waals surface area contributed by atoms with Crippen LogP contribution in [0.25, 0.3) is 5.57 Å². The number of hydrogen-bond donors (Lipinski definition) is 1. The lowest BCUT2D eigenvalue weighted by Gasteiger charge is -2.21. The number of aliphatic carboxylic acids is 1. The van der Waals surface area contributed by atoms with E-state index in [1.54, 1.807) is 0 Å². The van der Waals surface area contributed by atoms with E-state index in [4.69, 9.17) is 0 Å². The molecule has 0 atom stereocenters. The third-order valence-electron chi connectivity index (χ3n) is 3.09. The van der Waals surface area contributed by atoms with Crippen LogP contribution in [0.3, 0.4) is 0 Å². The second-order valence-corrected chi connectivity index (χ2v) is 5.96. The van der Waals surface area contributed by atoms with Crippen LogP contribution in [0.15, 0.2) is 23.8 Å². The van der Waals surface area contributed by atoms with E-state index in [1.165, 1.54) is 0 Å². The Hall–Kier alpha value is -1.57. The summed E-state index contributed by atoms with van der Waals surface area (Å²) in [6.45, 7) is 12.0. The van der Waals surface area contributed by atoms with Gasteiger partial charge < -0.3 is 5.11 Å². The van der Waals surface area contributed by atoms with Crippen LogP contribution in [0.2, 0.25) is 0 Å². The van der Waals surface area contributed by atoms with E-state index in [0.29, 0.717) is 5.57 Å². The molecule has 0 saturated carbocycles. The summed E-state index contributed by atoms with van der Waals surface area (Å²) in [6.07, 6.45) is 0. The van der Waals surface area contributed by atoms with E-state index >= 15 is 0 Å². The zero-order chi connectivity index (χ0) is 14.1. The van der Waals surface area contributed by atoms with Crippen LogP contribution >= 0.6 is 0 Å². The molecule has 1 aromatic carbocycles. The molecule has 1 aromatic rings. The highest BCUT2D eigenvalue weighted by atomic mass is 16.4. The highest BCUT2D eigenvalue weighted by Gasteiger charge is 2.19. The number of carbonyl (C=O) groups is 1. The van der Waals surface area contributed by atoms with Gasteiger partial charge in [-0.3, -0.25) is 0 Å². The van der Waals surface area contributed by atoms with Crippen LogP contribution in [0, 0.1) is 6.92 Å². The molecule has 2 nitrogen and oxygen atoms in total. The first kappa shape index (κ1) is 14.5. The van der Waals surface area contributed by atoms with Gasteiger partial charge in [0, 0.05) is 0 Å². The Bertz CT molecular complexity index is 498. The first-order valence-corrected chi connectivity index (χ1v) is 6.17. The SMILES string of the molecule is CC(C)=C(C(=O)O)c1cc(C(C)(C)C)ccc1C. The maximum absolute atomic E-state index is 11.4. The average Bonchev–Trinajstić information content (AvgIpc) is 2.18. The summed E-state index contributed by atoms with van der Waals surface area (Å²) < 4.78 is 0. The smallest absolute Gasteiger partial charge is 0.336 e. The lowest BCUT2D eigenvalue weighted by Crippen LogP contribution is -2.13. The Morgan fingerprint density at radius 2 is 1.72 bits per heavy atom. The predicted octanol–water partition coefficient (Wildman–Crippen LogP) is 4.17. The summed E-state index contributed by atoms with van der Waals surface area (Å²) in [5.41, 5.74) is 4.25. The Morgan fingerprint density at radius 3 is 2.11 bits per heavy atom. The van der Waals surface area contributed by atoms with Gasteiger partial charge in [0.15, 0.2) is 0 Å². The van der Waals surface area contributed by atoms with Crippen molar-refractivity contribution in [3.8, 4) is 0 Å². The average molecular weight is 246 g/mol. The lowest BCUT2D eigenvalue weighted by molar-refractivity contribution is -0.130. The molecule has 0 spiro atoms.